The lowest BCUT2D eigenvalue weighted by molar-refractivity contribution is -0.153. The lowest BCUT2D eigenvalue weighted by atomic mass is 10.2. The molecule has 9 heteroatoms. The summed E-state index contributed by atoms with van der Waals surface area (Å²) in [7, 11) is 0. The van der Waals surface area contributed by atoms with Crippen molar-refractivity contribution in [1.82, 2.24) is 20.2 Å². The molecule has 2 heterocycles. The normalized spacial score (nSPS) is 15.6. The van der Waals surface area contributed by atoms with Gasteiger partial charge in [0.05, 0.1) is 0 Å². The van der Waals surface area contributed by atoms with Crippen LogP contribution in [0.15, 0.2) is 42.7 Å². The smallest absolute Gasteiger partial charge is 0.422 e. The molecule has 3 rings (SSSR count). The van der Waals surface area contributed by atoms with E-state index in [1.165, 1.54) is 6.07 Å². The van der Waals surface area contributed by atoms with Gasteiger partial charge in [0.2, 0.25) is 5.95 Å². The molecule has 0 amide bonds. The summed E-state index contributed by atoms with van der Waals surface area (Å²) in [6, 6.07) is 8.55. The molecular formula is C19H24F3N5O. The van der Waals surface area contributed by atoms with Crippen molar-refractivity contribution in [2.24, 2.45) is 0 Å². The fraction of sp³-hybridized carbons (Fsp3) is 0.474. The Morgan fingerprint density at radius 2 is 1.79 bits per heavy atom. The number of anilines is 1. The van der Waals surface area contributed by atoms with Gasteiger partial charge in [-0.1, -0.05) is 12.1 Å². The lowest BCUT2D eigenvalue weighted by Gasteiger charge is -2.34. The van der Waals surface area contributed by atoms with Gasteiger partial charge >= 0.3 is 6.18 Å². The molecule has 1 aromatic carbocycles. The van der Waals surface area contributed by atoms with E-state index in [0.29, 0.717) is 6.54 Å². The zero-order valence-electron chi connectivity index (χ0n) is 15.5. The van der Waals surface area contributed by atoms with Crippen molar-refractivity contribution in [3.63, 3.8) is 0 Å². The van der Waals surface area contributed by atoms with E-state index in [0.717, 1.165) is 50.8 Å². The fourth-order valence-electron chi connectivity index (χ4n) is 3.01. The summed E-state index contributed by atoms with van der Waals surface area (Å²) < 4.78 is 41.5. The van der Waals surface area contributed by atoms with Crippen LogP contribution < -0.4 is 15.0 Å². The van der Waals surface area contributed by atoms with Crippen molar-refractivity contribution in [3.05, 3.63) is 48.3 Å². The Morgan fingerprint density at radius 1 is 1.04 bits per heavy atom. The predicted octanol–water partition coefficient (Wildman–Crippen LogP) is 2.33. The SMILES string of the molecule is FC(F)(F)COc1cccc(CNCCN2CCN(c3ncccn3)CC2)c1. The summed E-state index contributed by atoms with van der Waals surface area (Å²) in [6.07, 6.45) is -0.825. The summed E-state index contributed by atoms with van der Waals surface area (Å²) >= 11 is 0. The van der Waals surface area contributed by atoms with E-state index in [9.17, 15) is 13.2 Å². The molecule has 0 bridgehead atoms. The Balaban J connectivity index is 1.34. The fourth-order valence-corrected chi connectivity index (χ4v) is 3.01. The molecule has 0 atom stereocenters. The first kappa shape index (κ1) is 20.3. The molecule has 1 saturated heterocycles. The van der Waals surface area contributed by atoms with Gasteiger partial charge in [0.15, 0.2) is 6.61 Å². The Bertz CT molecular complexity index is 721. The molecule has 0 radical (unpaired) electrons. The largest absolute Gasteiger partial charge is 0.484 e. The van der Waals surface area contributed by atoms with Crippen molar-refractivity contribution in [2.75, 3.05) is 50.8 Å². The molecule has 152 valence electrons. The minimum Gasteiger partial charge on any atom is -0.484 e. The van der Waals surface area contributed by atoms with Crippen LogP contribution >= 0.6 is 0 Å². The molecule has 1 N–H and O–H groups in total. The maximum absolute atomic E-state index is 12.2. The summed E-state index contributed by atoms with van der Waals surface area (Å²) in [5.74, 6) is 1.00. The second kappa shape index (κ2) is 9.70. The molecule has 0 aliphatic carbocycles. The minimum absolute atomic E-state index is 0.232. The van der Waals surface area contributed by atoms with Crippen LogP contribution in [0.4, 0.5) is 19.1 Å². The molecule has 0 saturated carbocycles. The quantitative estimate of drug-likeness (QED) is 0.693. The van der Waals surface area contributed by atoms with Gasteiger partial charge in [-0.3, -0.25) is 4.90 Å². The summed E-state index contributed by atoms with van der Waals surface area (Å²) in [4.78, 5) is 13.1. The highest BCUT2D eigenvalue weighted by atomic mass is 19.4. The number of hydrogen-bond donors (Lipinski definition) is 1. The number of alkyl halides is 3. The average Bonchev–Trinajstić information content (AvgIpc) is 2.71. The third kappa shape index (κ3) is 6.65. The number of nitrogens with one attached hydrogen (secondary N) is 1. The van der Waals surface area contributed by atoms with Crippen LogP contribution in [0.5, 0.6) is 5.75 Å². The highest BCUT2D eigenvalue weighted by Gasteiger charge is 2.28. The van der Waals surface area contributed by atoms with Crippen molar-refractivity contribution in [1.29, 1.82) is 0 Å². The third-order valence-corrected chi connectivity index (χ3v) is 4.44. The van der Waals surface area contributed by atoms with Gasteiger partial charge in [-0.25, -0.2) is 9.97 Å². The van der Waals surface area contributed by atoms with Gasteiger partial charge in [0, 0.05) is 58.2 Å². The Hall–Kier alpha value is -2.39. The highest BCUT2D eigenvalue weighted by molar-refractivity contribution is 5.29. The Kier molecular flexibility index (Phi) is 7.05. The van der Waals surface area contributed by atoms with Crippen LogP contribution in [0.3, 0.4) is 0 Å². The summed E-state index contributed by atoms with van der Waals surface area (Å²) in [5.41, 5.74) is 0.894. The van der Waals surface area contributed by atoms with E-state index in [1.54, 1.807) is 24.5 Å². The molecule has 2 aromatic rings. The van der Waals surface area contributed by atoms with Crippen LogP contribution in [-0.4, -0.2) is 66.9 Å². The van der Waals surface area contributed by atoms with Crippen molar-refractivity contribution < 1.29 is 17.9 Å². The number of ether oxygens (including phenoxy) is 1. The van der Waals surface area contributed by atoms with Crippen LogP contribution in [0.1, 0.15) is 5.56 Å². The van der Waals surface area contributed by atoms with E-state index in [2.05, 4.69) is 25.1 Å². The predicted molar refractivity (Wildman–Crippen MR) is 100 cm³/mol. The van der Waals surface area contributed by atoms with Crippen molar-refractivity contribution in [2.45, 2.75) is 12.7 Å². The second-order valence-corrected chi connectivity index (χ2v) is 6.61. The van der Waals surface area contributed by atoms with E-state index < -0.39 is 12.8 Å². The van der Waals surface area contributed by atoms with Crippen LogP contribution in [0.25, 0.3) is 0 Å². The topological polar surface area (TPSA) is 53.5 Å². The third-order valence-electron chi connectivity index (χ3n) is 4.44. The zero-order valence-corrected chi connectivity index (χ0v) is 15.5. The standard InChI is InChI=1S/C19H24F3N5O/c20-19(21,22)15-28-17-4-1-3-16(13-17)14-23-7-8-26-9-11-27(12-10-26)18-24-5-2-6-25-18/h1-6,13,23H,7-12,14-15H2. The van der Waals surface area contributed by atoms with E-state index in [1.807, 2.05) is 12.1 Å². The van der Waals surface area contributed by atoms with Gasteiger partial charge < -0.3 is 15.0 Å². The highest BCUT2D eigenvalue weighted by Crippen LogP contribution is 2.19. The number of aromatic nitrogens is 2. The monoisotopic (exact) mass is 395 g/mol. The lowest BCUT2D eigenvalue weighted by Crippen LogP contribution is -2.48. The Labute approximate surface area is 162 Å². The molecule has 0 spiro atoms. The van der Waals surface area contributed by atoms with Crippen LogP contribution in [0.2, 0.25) is 0 Å². The number of piperazine rings is 1. The molecule has 6 nitrogen and oxygen atoms in total. The molecule has 1 aromatic heterocycles. The molecule has 1 aliphatic rings. The molecular weight excluding hydrogens is 371 g/mol. The number of benzene rings is 1. The van der Waals surface area contributed by atoms with Gasteiger partial charge in [0.1, 0.15) is 5.75 Å². The zero-order chi connectivity index (χ0) is 19.8. The van der Waals surface area contributed by atoms with E-state index in [-0.39, 0.29) is 5.75 Å². The van der Waals surface area contributed by atoms with E-state index >= 15 is 0 Å². The first-order valence-corrected chi connectivity index (χ1v) is 9.23. The molecule has 1 aliphatic heterocycles. The Morgan fingerprint density at radius 3 is 2.50 bits per heavy atom. The minimum atomic E-state index is -4.33. The second-order valence-electron chi connectivity index (χ2n) is 6.61. The number of rotatable bonds is 8. The first-order chi connectivity index (χ1) is 13.5. The molecule has 0 unspecified atom stereocenters. The van der Waals surface area contributed by atoms with Gasteiger partial charge in [0.25, 0.3) is 0 Å². The number of hydrogen-bond acceptors (Lipinski definition) is 6. The summed E-state index contributed by atoms with van der Waals surface area (Å²) in [6.45, 7) is 4.70. The average molecular weight is 395 g/mol. The molecule has 1 fully saturated rings. The van der Waals surface area contributed by atoms with E-state index in [4.69, 9.17) is 4.74 Å². The number of nitrogens with zero attached hydrogens (tertiary/aromatic N) is 4. The maximum Gasteiger partial charge on any atom is 0.422 e. The molecule has 28 heavy (non-hydrogen) atoms. The van der Waals surface area contributed by atoms with Crippen molar-refractivity contribution >= 4 is 5.95 Å². The first-order valence-electron chi connectivity index (χ1n) is 9.23. The van der Waals surface area contributed by atoms with Gasteiger partial charge in [-0.15, -0.1) is 0 Å². The van der Waals surface area contributed by atoms with Crippen LogP contribution in [-0.2, 0) is 6.54 Å². The summed E-state index contributed by atoms with van der Waals surface area (Å²) in [5, 5.41) is 3.33. The number of halogens is 3. The van der Waals surface area contributed by atoms with Gasteiger partial charge in [-0.05, 0) is 23.8 Å². The van der Waals surface area contributed by atoms with Crippen LogP contribution in [0, 0.1) is 0 Å². The maximum atomic E-state index is 12.2. The van der Waals surface area contributed by atoms with Gasteiger partial charge in [-0.2, -0.15) is 13.2 Å². The van der Waals surface area contributed by atoms with Crippen molar-refractivity contribution in [3.8, 4) is 5.75 Å².